The van der Waals surface area contributed by atoms with Gasteiger partial charge in [0, 0.05) is 50.2 Å². The van der Waals surface area contributed by atoms with Crippen molar-refractivity contribution in [2.45, 2.75) is 19.0 Å². The third kappa shape index (κ3) is 3.17. The summed E-state index contributed by atoms with van der Waals surface area (Å²) in [7, 11) is 1.42. The van der Waals surface area contributed by atoms with Crippen molar-refractivity contribution in [2.24, 2.45) is 5.92 Å². The number of rotatable bonds is 4. The van der Waals surface area contributed by atoms with Gasteiger partial charge in [0.15, 0.2) is 11.6 Å². The lowest BCUT2D eigenvalue weighted by Crippen LogP contribution is -2.64. The van der Waals surface area contributed by atoms with Gasteiger partial charge in [-0.2, -0.15) is 0 Å². The zero-order valence-electron chi connectivity index (χ0n) is 14.8. The Balaban J connectivity index is 1.42. The third-order valence-electron chi connectivity index (χ3n) is 5.48. The van der Waals surface area contributed by atoms with E-state index in [0.29, 0.717) is 24.1 Å². The summed E-state index contributed by atoms with van der Waals surface area (Å²) in [6.07, 6.45) is 4.62. The first kappa shape index (κ1) is 17.0. The topological polar surface area (TPSA) is 45.7 Å². The van der Waals surface area contributed by atoms with Crippen molar-refractivity contribution < 1.29 is 13.9 Å². The van der Waals surface area contributed by atoms with Crippen LogP contribution in [0.5, 0.6) is 5.75 Å². The van der Waals surface area contributed by atoms with Crippen LogP contribution in [0, 0.1) is 11.7 Å². The van der Waals surface area contributed by atoms with Crippen LogP contribution in [0.4, 0.5) is 4.39 Å². The molecule has 3 heterocycles. The number of methoxy groups -OCH3 is 1. The van der Waals surface area contributed by atoms with E-state index in [2.05, 4.69) is 9.88 Å². The van der Waals surface area contributed by atoms with Crippen LogP contribution in [0.25, 0.3) is 0 Å². The van der Waals surface area contributed by atoms with E-state index in [1.165, 1.54) is 24.8 Å². The average molecular weight is 355 g/mol. The second-order valence-electron chi connectivity index (χ2n) is 7.00. The van der Waals surface area contributed by atoms with E-state index in [0.717, 1.165) is 26.1 Å². The molecule has 26 heavy (non-hydrogen) atoms. The smallest absolute Gasteiger partial charge is 0.254 e. The highest BCUT2D eigenvalue weighted by molar-refractivity contribution is 5.94. The van der Waals surface area contributed by atoms with Crippen molar-refractivity contribution in [2.75, 3.05) is 26.7 Å². The SMILES string of the molecule is COc1ccc(C(=O)N2CC[C@@H]3CN(Cc4ccncc4)[C@@H]3C2)cc1F. The first-order valence-corrected chi connectivity index (χ1v) is 8.91. The molecular weight excluding hydrogens is 333 g/mol. The number of halogens is 1. The number of carbonyl (C=O) groups is 1. The number of likely N-dealkylation sites (tertiary alicyclic amines) is 2. The Morgan fingerprint density at radius 3 is 2.81 bits per heavy atom. The second-order valence-corrected chi connectivity index (χ2v) is 7.00. The Kier molecular flexibility index (Phi) is 4.59. The Morgan fingerprint density at radius 2 is 2.08 bits per heavy atom. The highest BCUT2D eigenvalue weighted by Gasteiger charge is 2.43. The van der Waals surface area contributed by atoms with E-state index in [1.54, 1.807) is 6.07 Å². The molecule has 2 aliphatic heterocycles. The van der Waals surface area contributed by atoms with Crippen LogP contribution >= 0.6 is 0 Å². The number of amides is 1. The monoisotopic (exact) mass is 355 g/mol. The van der Waals surface area contributed by atoms with Gasteiger partial charge in [0.25, 0.3) is 5.91 Å². The Morgan fingerprint density at radius 1 is 1.27 bits per heavy atom. The Labute approximate surface area is 152 Å². The van der Waals surface area contributed by atoms with E-state index in [1.807, 2.05) is 29.4 Å². The number of ether oxygens (including phenoxy) is 1. The number of carbonyl (C=O) groups excluding carboxylic acids is 1. The maximum absolute atomic E-state index is 13.9. The average Bonchev–Trinajstić information content (AvgIpc) is 2.66. The van der Waals surface area contributed by atoms with Gasteiger partial charge in [-0.05, 0) is 48.2 Å². The molecular formula is C20H22FN3O2. The minimum Gasteiger partial charge on any atom is -0.494 e. The summed E-state index contributed by atoms with van der Waals surface area (Å²) < 4.78 is 18.8. The van der Waals surface area contributed by atoms with Crippen molar-refractivity contribution >= 4 is 5.91 Å². The molecule has 1 amide bonds. The molecule has 2 atom stereocenters. The minimum atomic E-state index is -0.504. The van der Waals surface area contributed by atoms with Gasteiger partial charge in [0.2, 0.25) is 0 Å². The van der Waals surface area contributed by atoms with Crippen LogP contribution in [0.15, 0.2) is 42.7 Å². The van der Waals surface area contributed by atoms with E-state index >= 15 is 0 Å². The van der Waals surface area contributed by atoms with Gasteiger partial charge in [0.05, 0.1) is 7.11 Å². The Hall–Kier alpha value is -2.47. The summed E-state index contributed by atoms with van der Waals surface area (Å²) in [4.78, 5) is 21.1. The maximum Gasteiger partial charge on any atom is 0.254 e. The van der Waals surface area contributed by atoms with Crippen LogP contribution in [-0.4, -0.2) is 53.5 Å². The zero-order chi connectivity index (χ0) is 18.1. The standard InChI is InChI=1S/C20H22FN3O2/c1-26-19-3-2-15(10-17(19)21)20(25)23-9-6-16-12-24(18(16)13-23)11-14-4-7-22-8-5-14/h2-5,7-8,10,16,18H,6,9,11-13H2,1H3/t16-,18-/m1/s1. The second kappa shape index (κ2) is 7.03. The molecule has 1 aromatic carbocycles. The van der Waals surface area contributed by atoms with Gasteiger partial charge in [-0.15, -0.1) is 0 Å². The molecule has 2 fully saturated rings. The summed E-state index contributed by atoms with van der Waals surface area (Å²) in [5.41, 5.74) is 1.61. The predicted molar refractivity (Wildman–Crippen MR) is 95.4 cm³/mol. The minimum absolute atomic E-state index is 0.110. The molecule has 4 rings (SSSR count). The number of hydrogen-bond donors (Lipinski definition) is 0. The summed E-state index contributed by atoms with van der Waals surface area (Å²) in [5.74, 6) is 0.188. The first-order valence-electron chi connectivity index (χ1n) is 8.91. The normalized spacial score (nSPS) is 22.5. The quantitative estimate of drug-likeness (QED) is 0.846. The molecule has 2 aliphatic rings. The summed E-state index contributed by atoms with van der Waals surface area (Å²) in [6.45, 7) is 3.38. The summed E-state index contributed by atoms with van der Waals surface area (Å²) >= 11 is 0. The molecule has 0 N–H and O–H groups in total. The molecule has 0 bridgehead atoms. The lowest BCUT2D eigenvalue weighted by molar-refractivity contribution is -0.0427. The van der Waals surface area contributed by atoms with Crippen LogP contribution < -0.4 is 4.74 Å². The lowest BCUT2D eigenvalue weighted by atomic mass is 9.82. The molecule has 0 saturated carbocycles. The molecule has 0 radical (unpaired) electrons. The molecule has 136 valence electrons. The maximum atomic E-state index is 13.9. The van der Waals surface area contributed by atoms with Gasteiger partial charge in [-0.1, -0.05) is 0 Å². The Bertz CT molecular complexity index is 799. The number of aromatic nitrogens is 1. The van der Waals surface area contributed by atoms with Gasteiger partial charge in [0.1, 0.15) is 0 Å². The number of hydrogen-bond acceptors (Lipinski definition) is 4. The van der Waals surface area contributed by atoms with Crippen molar-refractivity contribution in [3.8, 4) is 5.75 Å². The first-order chi connectivity index (χ1) is 12.7. The molecule has 5 nitrogen and oxygen atoms in total. The largest absolute Gasteiger partial charge is 0.494 e. The number of piperidine rings is 1. The summed E-state index contributed by atoms with van der Waals surface area (Å²) in [6, 6.07) is 8.84. The van der Waals surface area contributed by atoms with Crippen molar-refractivity contribution in [1.82, 2.24) is 14.8 Å². The van der Waals surface area contributed by atoms with Crippen LogP contribution in [0.1, 0.15) is 22.3 Å². The van der Waals surface area contributed by atoms with Crippen LogP contribution in [0.2, 0.25) is 0 Å². The van der Waals surface area contributed by atoms with Crippen molar-refractivity contribution in [1.29, 1.82) is 0 Å². The third-order valence-corrected chi connectivity index (χ3v) is 5.48. The highest BCUT2D eigenvalue weighted by atomic mass is 19.1. The van der Waals surface area contributed by atoms with E-state index in [-0.39, 0.29) is 11.7 Å². The van der Waals surface area contributed by atoms with E-state index in [9.17, 15) is 9.18 Å². The zero-order valence-corrected chi connectivity index (χ0v) is 14.8. The molecule has 1 aromatic heterocycles. The van der Waals surface area contributed by atoms with Crippen LogP contribution in [0.3, 0.4) is 0 Å². The number of benzene rings is 1. The molecule has 0 spiro atoms. The lowest BCUT2D eigenvalue weighted by Gasteiger charge is -2.53. The van der Waals surface area contributed by atoms with Gasteiger partial charge in [-0.25, -0.2) is 4.39 Å². The highest BCUT2D eigenvalue weighted by Crippen LogP contribution is 2.34. The number of pyridine rings is 1. The molecule has 0 aliphatic carbocycles. The number of nitrogens with zero attached hydrogens (tertiary/aromatic N) is 3. The van der Waals surface area contributed by atoms with Crippen molar-refractivity contribution in [3.63, 3.8) is 0 Å². The molecule has 2 saturated heterocycles. The fourth-order valence-electron chi connectivity index (χ4n) is 3.98. The van der Waals surface area contributed by atoms with Crippen molar-refractivity contribution in [3.05, 3.63) is 59.7 Å². The van der Waals surface area contributed by atoms with Gasteiger partial charge < -0.3 is 9.64 Å². The van der Waals surface area contributed by atoms with E-state index in [4.69, 9.17) is 4.74 Å². The molecule has 6 heteroatoms. The number of fused-ring (bicyclic) bond motifs is 1. The summed E-state index contributed by atoms with van der Waals surface area (Å²) in [5, 5.41) is 0. The van der Waals surface area contributed by atoms with E-state index < -0.39 is 5.82 Å². The molecule has 0 unspecified atom stereocenters. The molecule has 2 aromatic rings. The predicted octanol–water partition coefficient (Wildman–Crippen LogP) is 2.58. The van der Waals surface area contributed by atoms with Gasteiger partial charge >= 0.3 is 0 Å². The van der Waals surface area contributed by atoms with Crippen LogP contribution in [-0.2, 0) is 6.54 Å². The van der Waals surface area contributed by atoms with Gasteiger partial charge in [-0.3, -0.25) is 14.7 Å². The fourth-order valence-corrected chi connectivity index (χ4v) is 3.98. The fraction of sp³-hybridized carbons (Fsp3) is 0.400.